The highest BCUT2D eigenvalue weighted by Crippen LogP contribution is 2.69. The molecule has 0 amide bonds. The van der Waals surface area contributed by atoms with Crippen molar-refractivity contribution in [1.29, 1.82) is 0 Å². The Hall–Kier alpha value is -1.36. The lowest BCUT2D eigenvalue weighted by Crippen LogP contribution is -2.62. The molecule has 5 aliphatic rings. The molecule has 30 heavy (non-hydrogen) atoms. The summed E-state index contributed by atoms with van der Waals surface area (Å²) in [5.41, 5.74) is 0.485. The van der Waals surface area contributed by atoms with Crippen molar-refractivity contribution in [2.45, 2.75) is 90.3 Å². The second-order valence-electron chi connectivity index (χ2n) is 11.3. The highest BCUT2D eigenvalue weighted by Gasteiger charge is 2.67. The monoisotopic (exact) mass is 416 g/mol. The number of hydrogen-bond acceptors (Lipinski definition) is 5. The van der Waals surface area contributed by atoms with Gasteiger partial charge in [0.05, 0.1) is 5.60 Å². The van der Waals surface area contributed by atoms with Crippen LogP contribution in [0.2, 0.25) is 0 Å². The Kier molecular flexibility index (Phi) is 4.67. The van der Waals surface area contributed by atoms with Gasteiger partial charge in [-0.3, -0.25) is 4.79 Å². The first-order valence-corrected chi connectivity index (χ1v) is 11.9. The van der Waals surface area contributed by atoms with Gasteiger partial charge in [-0.1, -0.05) is 13.8 Å². The molecular formula is C25H36O5. The topological polar surface area (TPSA) is 72.8 Å². The van der Waals surface area contributed by atoms with Crippen LogP contribution in [0.15, 0.2) is 11.6 Å². The molecule has 1 aliphatic heterocycles. The number of hydrogen-bond donors (Lipinski definition) is 1. The summed E-state index contributed by atoms with van der Waals surface area (Å²) in [6.07, 6.45) is 10.9. The first-order valence-electron chi connectivity index (χ1n) is 11.9. The number of carbonyl (C=O) groups excluding carboxylic acids is 2. The van der Waals surface area contributed by atoms with Crippen LogP contribution in [-0.4, -0.2) is 35.4 Å². The van der Waals surface area contributed by atoms with E-state index in [0.717, 1.165) is 63.4 Å². The molecule has 166 valence electrons. The van der Waals surface area contributed by atoms with E-state index in [9.17, 15) is 14.7 Å². The zero-order chi connectivity index (χ0) is 21.3. The van der Waals surface area contributed by atoms with Crippen LogP contribution in [0, 0.1) is 34.5 Å². The van der Waals surface area contributed by atoms with Crippen LogP contribution in [-0.2, 0) is 19.1 Å². The predicted molar refractivity (Wildman–Crippen MR) is 111 cm³/mol. The van der Waals surface area contributed by atoms with Gasteiger partial charge in [-0.25, -0.2) is 4.79 Å². The first-order chi connectivity index (χ1) is 14.2. The molecule has 5 rings (SSSR count). The molecule has 0 spiro atoms. The Labute approximate surface area is 179 Å². The van der Waals surface area contributed by atoms with Crippen molar-refractivity contribution < 1.29 is 24.2 Å². The van der Waals surface area contributed by atoms with Gasteiger partial charge in [-0.05, 0) is 92.4 Å². The molecule has 5 nitrogen and oxygen atoms in total. The Morgan fingerprint density at radius 3 is 2.60 bits per heavy atom. The van der Waals surface area contributed by atoms with Crippen LogP contribution in [0.1, 0.15) is 78.6 Å². The molecule has 8 atom stereocenters. The predicted octanol–water partition coefficient (Wildman–Crippen LogP) is 4.18. The van der Waals surface area contributed by atoms with Crippen molar-refractivity contribution in [3.05, 3.63) is 11.6 Å². The van der Waals surface area contributed by atoms with Crippen LogP contribution in [0.25, 0.3) is 0 Å². The van der Waals surface area contributed by atoms with Crippen molar-refractivity contribution in [3.63, 3.8) is 0 Å². The molecule has 1 N–H and O–H groups in total. The van der Waals surface area contributed by atoms with Gasteiger partial charge in [0, 0.05) is 18.4 Å². The van der Waals surface area contributed by atoms with E-state index in [2.05, 4.69) is 13.8 Å². The second-order valence-corrected chi connectivity index (χ2v) is 11.3. The summed E-state index contributed by atoms with van der Waals surface area (Å²) in [7, 11) is 0. The molecular weight excluding hydrogens is 380 g/mol. The van der Waals surface area contributed by atoms with Gasteiger partial charge in [-0.2, -0.15) is 0 Å². The fourth-order valence-corrected chi connectivity index (χ4v) is 8.71. The molecule has 0 aromatic heterocycles. The van der Waals surface area contributed by atoms with Crippen LogP contribution in [0.4, 0.5) is 0 Å². The van der Waals surface area contributed by atoms with Gasteiger partial charge in [0.2, 0.25) is 0 Å². The normalized spacial score (nSPS) is 50.1. The molecule has 0 radical (unpaired) electrons. The Morgan fingerprint density at radius 2 is 1.90 bits per heavy atom. The average molecular weight is 417 g/mol. The number of rotatable bonds is 2. The fraction of sp³-hybridized carbons (Fsp3) is 0.840. The molecule has 0 bridgehead atoms. The van der Waals surface area contributed by atoms with Gasteiger partial charge in [0.25, 0.3) is 0 Å². The molecule has 0 aromatic carbocycles. The lowest BCUT2D eigenvalue weighted by molar-refractivity contribution is -0.209. The van der Waals surface area contributed by atoms with Gasteiger partial charge < -0.3 is 14.6 Å². The van der Waals surface area contributed by atoms with Gasteiger partial charge in [-0.15, -0.1) is 0 Å². The van der Waals surface area contributed by atoms with Gasteiger partial charge in [0.15, 0.2) is 0 Å². The second kappa shape index (κ2) is 6.82. The lowest BCUT2D eigenvalue weighted by Gasteiger charge is -2.63. The van der Waals surface area contributed by atoms with Crippen LogP contribution in [0.3, 0.4) is 0 Å². The summed E-state index contributed by atoms with van der Waals surface area (Å²) in [6.45, 7) is 6.64. The number of cyclic esters (lactones) is 1. The minimum atomic E-state index is -0.659. The maximum atomic E-state index is 12.2. The Balaban J connectivity index is 1.40. The molecule has 0 aromatic rings. The van der Waals surface area contributed by atoms with E-state index < -0.39 is 5.60 Å². The molecule has 5 heteroatoms. The number of esters is 2. The zero-order valence-corrected chi connectivity index (χ0v) is 18.6. The third-order valence-electron chi connectivity index (χ3n) is 10.3. The van der Waals surface area contributed by atoms with Crippen molar-refractivity contribution in [2.75, 3.05) is 6.61 Å². The van der Waals surface area contributed by atoms with E-state index in [1.807, 2.05) is 0 Å². The van der Waals surface area contributed by atoms with E-state index in [0.29, 0.717) is 24.4 Å². The van der Waals surface area contributed by atoms with E-state index in [1.165, 1.54) is 6.92 Å². The largest absolute Gasteiger partial charge is 0.463 e. The summed E-state index contributed by atoms with van der Waals surface area (Å²) in [5.74, 6) is 1.29. The van der Waals surface area contributed by atoms with E-state index in [-0.39, 0.29) is 34.8 Å². The third kappa shape index (κ3) is 2.76. The van der Waals surface area contributed by atoms with Gasteiger partial charge >= 0.3 is 11.9 Å². The van der Waals surface area contributed by atoms with Crippen molar-refractivity contribution in [2.24, 2.45) is 34.5 Å². The number of ether oxygens (including phenoxy) is 2. The molecule has 4 saturated carbocycles. The van der Waals surface area contributed by atoms with Crippen LogP contribution < -0.4 is 0 Å². The smallest absolute Gasteiger partial charge is 0.331 e. The summed E-state index contributed by atoms with van der Waals surface area (Å²) in [6, 6.07) is 0. The third-order valence-corrected chi connectivity index (χ3v) is 10.3. The summed E-state index contributed by atoms with van der Waals surface area (Å²) < 4.78 is 10.8. The Morgan fingerprint density at radius 1 is 1.10 bits per heavy atom. The number of aliphatic hydroxyl groups is 1. The van der Waals surface area contributed by atoms with Crippen LogP contribution >= 0.6 is 0 Å². The first kappa shape index (κ1) is 20.5. The SMILES string of the molecule is CC(=O)O[C@H]1CC[C@@]2(C)[C@H](CC[C@@H]3[C@H]2CC[C@]2(C)[C@H](C4=CC(=O)OC4)CC[C@@]32O)C1. The number of fused-ring (bicyclic) bond motifs is 5. The highest BCUT2D eigenvalue weighted by molar-refractivity contribution is 5.85. The summed E-state index contributed by atoms with van der Waals surface area (Å²) in [4.78, 5) is 23.1. The highest BCUT2D eigenvalue weighted by atomic mass is 16.5. The number of carbonyl (C=O) groups is 2. The van der Waals surface area contributed by atoms with Gasteiger partial charge in [0.1, 0.15) is 12.7 Å². The van der Waals surface area contributed by atoms with Crippen molar-refractivity contribution >= 4 is 11.9 Å². The van der Waals surface area contributed by atoms with Crippen molar-refractivity contribution in [1.82, 2.24) is 0 Å². The molecule has 0 unspecified atom stereocenters. The molecule has 1 heterocycles. The Bertz CT molecular complexity index is 788. The van der Waals surface area contributed by atoms with E-state index in [1.54, 1.807) is 6.08 Å². The minimum absolute atomic E-state index is 0.0665. The lowest BCUT2D eigenvalue weighted by atomic mass is 9.43. The maximum absolute atomic E-state index is 12.2. The fourth-order valence-electron chi connectivity index (χ4n) is 8.71. The van der Waals surface area contributed by atoms with Crippen molar-refractivity contribution in [3.8, 4) is 0 Å². The summed E-state index contributed by atoms with van der Waals surface area (Å²) >= 11 is 0. The maximum Gasteiger partial charge on any atom is 0.331 e. The quantitative estimate of drug-likeness (QED) is 0.684. The molecule has 0 saturated heterocycles. The minimum Gasteiger partial charge on any atom is -0.463 e. The summed E-state index contributed by atoms with van der Waals surface area (Å²) in [5, 5.41) is 12.2. The molecule has 4 aliphatic carbocycles. The van der Waals surface area contributed by atoms with E-state index >= 15 is 0 Å². The zero-order valence-electron chi connectivity index (χ0n) is 18.6. The van der Waals surface area contributed by atoms with E-state index in [4.69, 9.17) is 9.47 Å². The van der Waals surface area contributed by atoms with Crippen LogP contribution in [0.5, 0.6) is 0 Å². The average Bonchev–Trinajstić information content (AvgIpc) is 3.22. The molecule has 4 fully saturated rings. The standard InChI is InChI=1S/C25H36O5/c1-15(26)30-18-6-9-23(2)17(13-18)4-5-21-20(23)7-10-24(3)19(8-11-25(21,24)28)16-12-22(27)29-14-16/h12,17-21,28H,4-11,13-14H2,1-3H3/t17-,18+,19+,20-,21-,23+,24-,25-/m1/s1.